The lowest BCUT2D eigenvalue weighted by atomic mass is 10.0. The van der Waals surface area contributed by atoms with Crippen LogP contribution in [0, 0.1) is 0 Å². The summed E-state index contributed by atoms with van der Waals surface area (Å²) in [6.45, 7) is 0.743. The normalized spacial score (nSPS) is 16.7. The third kappa shape index (κ3) is 3.85. The predicted molar refractivity (Wildman–Crippen MR) is 97.0 cm³/mol. The molecule has 2 aromatic carbocycles. The van der Waals surface area contributed by atoms with Crippen molar-refractivity contribution in [2.45, 2.75) is 25.3 Å². The molecule has 3 rings (SSSR count). The van der Waals surface area contributed by atoms with Crippen LogP contribution < -0.4 is 0 Å². The average Bonchev–Trinajstić information content (AvgIpc) is 3.10. The first-order chi connectivity index (χ1) is 12.1. The van der Waals surface area contributed by atoms with Gasteiger partial charge in [0.1, 0.15) is 0 Å². The van der Waals surface area contributed by atoms with Gasteiger partial charge >= 0.3 is 5.97 Å². The monoisotopic (exact) mass is 357 g/mol. The lowest BCUT2D eigenvalue weighted by Gasteiger charge is -2.25. The third-order valence-corrected chi connectivity index (χ3v) is 4.97. The molecule has 0 N–H and O–H groups in total. The maximum Gasteiger partial charge on any atom is 0.337 e. The quantitative estimate of drug-likeness (QED) is 0.778. The fourth-order valence-corrected chi connectivity index (χ4v) is 3.48. The van der Waals surface area contributed by atoms with E-state index in [1.807, 2.05) is 29.2 Å². The highest BCUT2D eigenvalue weighted by Gasteiger charge is 2.29. The summed E-state index contributed by atoms with van der Waals surface area (Å²) in [5, 5.41) is 0.740. The van der Waals surface area contributed by atoms with Crippen LogP contribution in [-0.2, 0) is 11.2 Å². The number of carbonyl (C=O) groups excluding carboxylic acids is 2. The molecular weight excluding hydrogens is 338 g/mol. The Hall–Kier alpha value is -2.33. The van der Waals surface area contributed by atoms with Crippen LogP contribution in [0.15, 0.2) is 48.5 Å². The number of benzene rings is 2. The zero-order chi connectivity index (χ0) is 17.8. The summed E-state index contributed by atoms with van der Waals surface area (Å²) in [6.07, 6.45) is 2.71. The minimum absolute atomic E-state index is 0.00836. The number of rotatable bonds is 4. The molecule has 4 nitrogen and oxygen atoms in total. The molecule has 1 heterocycles. The highest BCUT2D eigenvalue weighted by molar-refractivity contribution is 6.31. The van der Waals surface area contributed by atoms with E-state index in [0.717, 1.165) is 36.4 Å². The Morgan fingerprint density at radius 1 is 1.12 bits per heavy atom. The number of hydrogen-bond donors (Lipinski definition) is 0. The molecule has 1 aliphatic heterocycles. The molecule has 1 aliphatic rings. The van der Waals surface area contributed by atoms with E-state index in [0.29, 0.717) is 11.1 Å². The van der Waals surface area contributed by atoms with Gasteiger partial charge in [-0.3, -0.25) is 4.79 Å². The zero-order valence-electron chi connectivity index (χ0n) is 14.1. The standard InChI is InChI=1S/C20H20ClNO3/c1-25-20(24)15-10-8-14(9-11-15)19(23)22-12-4-6-17(22)13-16-5-2-3-7-18(16)21/h2-3,5,7-11,17H,4,6,12-13H2,1H3. The van der Waals surface area contributed by atoms with Gasteiger partial charge in [-0.15, -0.1) is 0 Å². The molecule has 1 atom stereocenters. The van der Waals surface area contributed by atoms with E-state index in [2.05, 4.69) is 4.74 Å². The fraction of sp³-hybridized carbons (Fsp3) is 0.300. The topological polar surface area (TPSA) is 46.6 Å². The van der Waals surface area contributed by atoms with Crippen molar-refractivity contribution in [3.8, 4) is 0 Å². The van der Waals surface area contributed by atoms with Gasteiger partial charge in [0, 0.05) is 23.2 Å². The molecule has 0 spiro atoms. The van der Waals surface area contributed by atoms with E-state index < -0.39 is 5.97 Å². The molecule has 0 radical (unpaired) electrons. The minimum atomic E-state index is -0.406. The highest BCUT2D eigenvalue weighted by Crippen LogP contribution is 2.26. The number of halogens is 1. The van der Waals surface area contributed by atoms with Crippen LogP contribution in [0.25, 0.3) is 0 Å². The number of ether oxygens (including phenoxy) is 1. The van der Waals surface area contributed by atoms with Crippen LogP contribution in [0.5, 0.6) is 0 Å². The maximum absolute atomic E-state index is 12.9. The number of likely N-dealkylation sites (tertiary alicyclic amines) is 1. The molecule has 5 heteroatoms. The Morgan fingerprint density at radius 3 is 2.48 bits per heavy atom. The Kier molecular flexibility index (Phi) is 5.39. The Labute approximate surface area is 152 Å². The van der Waals surface area contributed by atoms with Crippen molar-refractivity contribution in [1.82, 2.24) is 4.90 Å². The first kappa shape index (κ1) is 17.5. The second-order valence-corrected chi connectivity index (χ2v) is 6.57. The van der Waals surface area contributed by atoms with E-state index in [4.69, 9.17) is 11.6 Å². The number of amides is 1. The SMILES string of the molecule is COC(=O)c1ccc(C(=O)N2CCCC2Cc2ccccc2Cl)cc1. The van der Waals surface area contributed by atoms with Gasteiger partial charge in [-0.1, -0.05) is 29.8 Å². The largest absolute Gasteiger partial charge is 0.465 e. The summed E-state index contributed by atoms with van der Waals surface area (Å²) in [4.78, 5) is 26.3. The van der Waals surface area contributed by atoms with Gasteiger partial charge in [0.2, 0.25) is 0 Å². The summed E-state index contributed by atoms with van der Waals surface area (Å²) < 4.78 is 4.68. The second kappa shape index (κ2) is 7.70. The molecule has 0 bridgehead atoms. The third-order valence-electron chi connectivity index (χ3n) is 4.60. The lowest BCUT2D eigenvalue weighted by molar-refractivity contribution is 0.0599. The molecule has 1 unspecified atom stereocenters. The summed E-state index contributed by atoms with van der Waals surface area (Å²) in [5.74, 6) is -0.414. The fourth-order valence-electron chi connectivity index (χ4n) is 3.27. The first-order valence-corrected chi connectivity index (χ1v) is 8.70. The Morgan fingerprint density at radius 2 is 1.80 bits per heavy atom. The summed E-state index contributed by atoms with van der Waals surface area (Å²) in [7, 11) is 1.34. The van der Waals surface area contributed by atoms with Crippen molar-refractivity contribution in [3.63, 3.8) is 0 Å². The number of hydrogen-bond acceptors (Lipinski definition) is 3. The lowest BCUT2D eigenvalue weighted by Crippen LogP contribution is -2.36. The van der Waals surface area contributed by atoms with Crippen LogP contribution in [0.4, 0.5) is 0 Å². The average molecular weight is 358 g/mol. The Balaban J connectivity index is 1.74. The van der Waals surface area contributed by atoms with E-state index in [9.17, 15) is 9.59 Å². The molecular formula is C20H20ClNO3. The number of methoxy groups -OCH3 is 1. The molecule has 130 valence electrons. The zero-order valence-corrected chi connectivity index (χ0v) is 14.8. The summed E-state index contributed by atoms with van der Waals surface area (Å²) >= 11 is 6.26. The molecule has 0 aliphatic carbocycles. The van der Waals surface area contributed by atoms with E-state index in [1.165, 1.54) is 7.11 Å². The molecule has 1 fully saturated rings. The first-order valence-electron chi connectivity index (χ1n) is 8.33. The van der Waals surface area contributed by atoms with Crippen molar-refractivity contribution in [1.29, 1.82) is 0 Å². The van der Waals surface area contributed by atoms with Gasteiger partial charge in [0.25, 0.3) is 5.91 Å². The highest BCUT2D eigenvalue weighted by atomic mass is 35.5. The Bertz CT molecular complexity index is 773. The van der Waals surface area contributed by atoms with Crippen molar-refractivity contribution < 1.29 is 14.3 Å². The molecule has 2 aromatic rings. The van der Waals surface area contributed by atoms with Gasteiger partial charge in [0.15, 0.2) is 0 Å². The summed E-state index contributed by atoms with van der Waals surface area (Å²) in [6, 6.07) is 14.5. The van der Waals surface area contributed by atoms with Gasteiger partial charge in [-0.05, 0) is 55.2 Å². The van der Waals surface area contributed by atoms with E-state index in [1.54, 1.807) is 24.3 Å². The van der Waals surface area contributed by atoms with Crippen LogP contribution in [-0.4, -0.2) is 36.5 Å². The van der Waals surface area contributed by atoms with Crippen LogP contribution >= 0.6 is 11.6 Å². The smallest absolute Gasteiger partial charge is 0.337 e. The minimum Gasteiger partial charge on any atom is -0.465 e. The van der Waals surface area contributed by atoms with Gasteiger partial charge in [-0.25, -0.2) is 4.79 Å². The van der Waals surface area contributed by atoms with Crippen LogP contribution in [0.3, 0.4) is 0 Å². The van der Waals surface area contributed by atoms with Crippen molar-refractivity contribution in [3.05, 3.63) is 70.2 Å². The van der Waals surface area contributed by atoms with Crippen LogP contribution in [0.1, 0.15) is 39.1 Å². The predicted octanol–water partition coefficient (Wildman–Crippen LogP) is 3.97. The van der Waals surface area contributed by atoms with Gasteiger partial charge < -0.3 is 9.64 Å². The van der Waals surface area contributed by atoms with Crippen LogP contribution in [0.2, 0.25) is 5.02 Å². The van der Waals surface area contributed by atoms with Crippen molar-refractivity contribution in [2.24, 2.45) is 0 Å². The molecule has 1 saturated heterocycles. The van der Waals surface area contributed by atoms with Gasteiger partial charge in [-0.2, -0.15) is 0 Å². The molecule has 25 heavy (non-hydrogen) atoms. The molecule has 0 saturated carbocycles. The summed E-state index contributed by atoms with van der Waals surface area (Å²) in [5.41, 5.74) is 2.08. The maximum atomic E-state index is 12.9. The number of carbonyl (C=O) groups is 2. The number of nitrogens with zero attached hydrogens (tertiary/aromatic N) is 1. The number of esters is 1. The molecule has 1 amide bonds. The second-order valence-electron chi connectivity index (χ2n) is 6.16. The van der Waals surface area contributed by atoms with Crippen molar-refractivity contribution >= 4 is 23.5 Å². The van der Waals surface area contributed by atoms with E-state index >= 15 is 0 Å². The van der Waals surface area contributed by atoms with Gasteiger partial charge in [0.05, 0.1) is 12.7 Å². The van der Waals surface area contributed by atoms with Crippen molar-refractivity contribution in [2.75, 3.05) is 13.7 Å². The molecule has 0 aromatic heterocycles. The van der Waals surface area contributed by atoms with E-state index in [-0.39, 0.29) is 11.9 Å².